The molecule has 0 aromatic carbocycles. The summed E-state index contributed by atoms with van der Waals surface area (Å²) in [4.78, 5) is 24.2. The quantitative estimate of drug-likeness (QED) is 0.927. The highest BCUT2D eigenvalue weighted by Gasteiger charge is 2.13. The minimum absolute atomic E-state index is 0.0174. The van der Waals surface area contributed by atoms with Crippen LogP contribution < -0.4 is 0 Å². The van der Waals surface area contributed by atoms with Crippen LogP contribution in [0, 0.1) is 13.8 Å². The van der Waals surface area contributed by atoms with Crippen molar-refractivity contribution in [1.29, 1.82) is 0 Å². The van der Waals surface area contributed by atoms with Crippen LogP contribution in [0.5, 0.6) is 0 Å². The molecule has 0 unspecified atom stereocenters. The van der Waals surface area contributed by atoms with E-state index in [1.807, 2.05) is 13.8 Å². The van der Waals surface area contributed by atoms with E-state index < -0.39 is 5.97 Å². The molecule has 2 rings (SSSR count). The molecule has 0 radical (unpaired) electrons. The van der Waals surface area contributed by atoms with Gasteiger partial charge in [-0.15, -0.1) is 11.3 Å². The van der Waals surface area contributed by atoms with Gasteiger partial charge in [-0.05, 0) is 25.6 Å². The molecule has 0 saturated heterocycles. The molecule has 0 spiro atoms. The van der Waals surface area contributed by atoms with Gasteiger partial charge in [0, 0.05) is 17.3 Å². The Kier molecular flexibility index (Phi) is 3.93. The van der Waals surface area contributed by atoms with Crippen molar-refractivity contribution in [2.24, 2.45) is 0 Å². The normalized spacial score (nSPS) is 10.6. The zero-order valence-corrected chi connectivity index (χ0v) is 11.5. The fourth-order valence-corrected chi connectivity index (χ4v) is 3.47. The largest absolute Gasteiger partial charge is 0.481 e. The van der Waals surface area contributed by atoms with Crippen LogP contribution in [0.2, 0.25) is 0 Å². The Morgan fingerprint density at radius 3 is 2.72 bits per heavy atom. The SMILES string of the molecule is Cc1nccnc1Sc1nc(C)c(CC(=O)O)s1. The van der Waals surface area contributed by atoms with Gasteiger partial charge in [0.25, 0.3) is 0 Å². The van der Waals surface area contributed by atoms with Crippen LogP contribution in [0.4, 0.5) is 0 Å². The number of carboxylic acid groups (broad SMARTS) is 1. The molecule has 18 heavy (non-hydrogen) atoms. The average Bonchev–Trinajstić information content (AvgIpc) is 2.62. The Balaban J connectivity index is 2.20. The smallest absolute Gasteiger partial charge is 0.308 e. The monoisotopic (exact) mass is 281 g/mol. The molecule has 0 fully saturated rings. The number of hydrogen-bond acceptors (Lipinski definition) is 6. The van der Waals surface area contributed by atoms with Gasteiger partial charge < -0.3 is 5.11 Å². The predicted molar refractivity (Wildman–Crippen MR) is 69.1 cm³/mol. The molecule has 0 bridgehead atoms. The maximum absolute atomic E-state index is 10.7. The van der Waals surface area contributed by atoms with Crippen molar-refractivity contribution < 1.29 is 9.90 Å². The molecule has 2 aromatic heterocycles. The van der Waals surface area contributed by atoms with Crippen molar-refractivity contribution in [2.45, 2.75) is 29.6 Å². The Morgan fingerprint density at radius 1 is 1.33 bits per heavy atom. The first-order valence-electron chi connectivity index (χ1n) is 5.20. The molecule has 0 atom stereocenters. The van der Waals surface area contributed by atoms with Gasteiger partial charge >= 0.3 is 5.97 Å². The Morgan fingerprint density at radius 2 is 2.06 bits per heavy atom. The second-order valence-corrected chi connectivity index (χ2v) is 5.93. The van der Waals surface area contributed by atoms with Gasteiger partial charge in [0.1, 0.15) is 5.03 Å². The lowest BCUT2D eigenvalue weighted by Gasteiger charge is -1.98. The number of rotatable bonds is 4. The van der Waals surface area contributed by atoms with E-state index in [9.17, 15) is 4.79 Å². The lowest BCUT2D eigenvalue weighted by atomic mass is 10.3. The minimum atomic E-state index is -0.839. The van der Waals surface area contributed by atoms with Crippen molar-refractivity contribution in [3.8, 4) is 0 Å². The first-order chi connectivity index (χ1) is 8.56. The van der Waals surface area contributed by atoms with Crippen LogP contribution in [0.25, 0.3) is 0 Å². The number of carboxylic acids is 1. The number of aliphatic carboxylic acids is 1. The molecule has 0 amide bonds. The molecule has 0 aliphatic carbocycles. The maximum Gasteiger partial charge on any atom is 0.308 e. The van der Waals surface area contributed by atoms with E-state index in [0.29, 0.717) is 0 Å². The number of carbonyl (C=O) groups is 1. The number of nitrogens with zero attached hydrogens (tertiary/aromatic N) is 3. The maximum atomic E-state index is 10.7. The van der Waals surface area contributed by atoms with Gasteiger partial charge in [-0.3, -0.25) is 9.78 Å². The van der Waals surface area contributed by atoms with E-state index in [4.69, 9.17) is 5.11 Å². The van der Waals surface area contributed by atoms with Crippen LogP contribution in [0.15, 0.2) is 21.8 Å². The summed E-state index contributed by atoms with van der Waals surface area (Å²) < 4.78 is 0.798. The Bertz CT molecular complexity index is 583. The summed E-state index contributed by atoms with van der Waals surface area (Å²) in [6.45, 7) is 3.70. The van der Waals surface area contributed by atoms with Crippen LogP contribution in [0.3, 0.4) is 0 Å². The Hall–Kier alpha value is -1.47. The molecule has 2 heterocycles. The lowest BCUT2D eigenvalue weighted by molar-refractivity contribution is -0.136. The minimum Gasteiger partial charge on any atom is -0.481 e. The molecule has 0 aliphatic heterocycles. The lowest BCUT2D eigenvalue weighted by Crippen LogP contribution is -1.99. The molecule has 94 valence electrons. The Labute approximate surface area is 112 Å². The van der Waals surface area contributed by atoms with E-state index >= 15 is 0 Å². The number of aryl methyl sites for hydroxylation is 2. The van der Waals surface area contributed by atoms with Crippen molar-refractivity contribution in [3.63, 3.8) is 0 Å². The number of aromatic nitrogens is 3. The van der Waals surface area contributed by atoms with E-state index in [-0.39, 0.29) is 6.42 Å². The number of hydrogen-bond donors (Lipinski definition) is 1. The predicted octanol–water partition coefficient (Wildman–Crippen LogP) is 2.33. The zero-order valence-electron chi connectivity index (χ0n) is 9.88. The molecular weight excluding hydrogens is 270 g/mol. The molecule has 2 aromatic rings. The fraction of sp³-hybridized carbons (Fsp3) is 0.273. The summed E-state index contributed by atoms with van der Waals surface area (Å²) in [6.07, 6.45) is 3.29. The zero-order chi connectivity index (χ0) is 13.1. The van der Waals surface area contributed by atoms with E-state index in [2.05, 4.69) is 15.0 Å². The van der Waals surface area contributed by atoms with Crippen molar-refractivity contribution in [3.05, 3.63) is 28.7 Å². The van der Waals surface area contributed by atoms with Gasteiger partial charge in [0.15, 0.2) is 4.34 Å². The van der Waals surface area contributed by atoms with Crippen LogP contribution in [0.1, 0.15) is 16.3 Å². The fourth-order valence-electron chi connectivity index (χ4n) is 1.32. The van der Waals surface area contributed by atoms with E-state index in [1.165, 1.54) is 23.1 Å². The first-order valence-corrected chi connectivity index (χ1v) is 6.83. The molecule has 7 heteroatoms. The number of thiazole rings is 1. The summed E-state index contributed by atoms with van der Waals surface area (Å²) in [6, 6.07) is 0. The van der Waals surface area contributed by atoms with Gasteiger partial charge in [-0.1, -0.05) is 0 Å². The summed E-state index contributed by atoms with van der Waals surface area (Å²) in [7, 11) is 0. The van der Waals surface area contributed by atoms with E-state index in [1.54, 1.807) is 12.4 Å². The molecule has 0 aliphatic rings. The second kappa shape index (κ2) is 5.45. The summed E-state index contributed by atoms with van der Waals surface area (Å²) in [5.41, 5.74) is 1.61. The average molecular weight is 281 g/mol. The molecule has 1 N–H and O–H groups in total. The molecular formula is C11H11N3O2S2. The molecule has 5 nitrogen and oxygen atoms in total. The van der Waals surface area contributed by atoms with Crippen LogP contribution in [-0.4, -0.2) is 26.0 Å². The summed E-state index contributed by atoms with van der Waals surface area (Å²) in [5, 5.41) is 9.58. The highest BCUT2D eigenvalue weighted by molar-refractivity contribution is 8.01. The standard InChI is InChI=1S/C11H11N3O2S2/c1-6-8(5-9(15)16)17-11(14-6)18-10-7(2)12-3-4-13-10/h3-4H,5H2,1-2H3,(H,15,16). The molecule has 0 saturated carbocycles. The highest BCUT2D eigenvalue weighted by Crippen LogP contribution is 2.32. The van der Waals surface area contributed by atoms with Crippen LogP contribution in [-0.2, 0) is 11.2 Å². The third-order valence-electron chi connectivity index (χ3n) is 2.20. The van der Waals surface area contributed by atoms with Gasteiger partial charge in [0.05, 0.1) is 17.8 Å². The first kappa shape index (κ1) is 13.0. The van der Waals surface area contributed by atoms with Crippen molar-refractivity contribution >= 4 is 29.1 Å². The van der Waals surface area contributed by atoms with Crippen molar-refractivity contribution in [1.82, 2.24) is 15.0 Å². The third-order valence-corrected chi connectivity index (χ3v) is 4.52. The second-order valence-electron chi connectivity index (χ2n) is 3.61. The van der Waals surface area contributed by atoms with Gasteiger partial charge in [-0.2, -0.15) is 0 Å². The van der Waals surface area contributed by atoms with Gasteiger partial charge in [0.2, 0.25) is 0 Å². The van der Waals surface area contributed by atoms with Crippen LogP contribution >= 0.6 is 23.1 Å². The summed E-state index contributed by atoms with van der Waals surface area (Å²) >= 11 is 2.81. The van der Waals surface area contributed by atoms with E-state index in [0.717, 1.165) is 25.6 Å². The van der Waals surface area contributed by atoms with Crippen molar-refractivity contribution in [2.75, 3.05) is 0 Å². The summed E-state index contributed by atoms with van der Waals surface area (Å²) in [5.74, 6) is -0.839. The topological polar surface area (TPSA) is 76.0 Å². The third kappa shape index (κ3) is 3.05. The van der Waals surface area contributed by atoms with Gasteiger partial charge in [-0.25, -0.2) is 9.97 Å². The highest BCUT2D eigenvalue weighted by atomic mass is 32.2.